The van der Waals surface area contributed by atoms with E-state index in [1.807, 2.05) is 0 Å². The van der Waals surface area contributed by atoms with Gasteiger partial charge in [-0.3, -0.25) is 9.59 Å². The van der Waals surface area contributed by atoms with Crippen LogP contribution in [-0.4, -0.2) is 38.5 Å². The molecule has 3 heterocycles. The molecule has 0 atom stereocenters. The minimum Gasteiger partial charge on any atom is -0.395 e. The Morgan fingerprint density at radius 2 is 1.87 bits per heavy atom. The van der Waals surface area contributed by atoms with Gasteiger partial charge in [0.1, 0.15) is 12.2 Å². The third kappa shape index (κ3) is 4.53. The molecule has 1 N–H and O–H groups in total. The first kappa shape index (κ1) is 25.2. The van der Waals surface area contributed by atoms with E-state index >= 15 is 0 Å². The minimum absolute atomic E-state index is 0.00698. The zero-order valence-corrected chi connectivity index (χ0v) is 19.8. The number of amides is 1. The van der Waals surface area contributed by atoms with E-state index in [-0.39, 0.29) is 46.0 Å². The lowest BCUT2D eigenvalue weighted by molar-refractivity contribution is -0.286. The molecule has 2 aromatic carbocycles. The van der Waals surface area contributed by atoms with Crippen LogP contribution in [0.3, 0.4) is 0 Å². The van der Waals surface area contributed by atoms with Gasteiger partial charge in [-0.05, 0) is 49.7 Å². The largest absolute Gasteiger partial charge is 0.586 e. The maximum Gasteiger partial charge on any atom is 0.586 e. The maximum absolute atomic E-state index is 13.4. The highest BCUT2D eigenvalue weighted by molar-refractivity contribution is 5.94. The lowest BCUT2D eigenvalue weighted by Gasteiger charge is -2.21. The van der Waals surface area contributed by atoms with Crippen LogP contribution in [0.1, 0.15) is 18.1 Å². The molecule has 0 spiro atoms. The van der Waals surface area contributed by atoms with E-state index in [4.69, 9.17) is 0 Å². The summed E-state index contributed by atoms with van der Waals surface area (Å²) >= 11 is 0. The minimum atomic E-state index is -4.62. The number of fused-ring (bicyclic) bond motifs is 2. The molecule has 0 saturated carbocycles. The van der Waals surface area contributed by atoms with E-state index in [0.717, 1.165) is 16.8 Å². The predicted molar refractivity (Wildman–Crippen MR) is 124 cm³/mol. The highest BCUT2D eigenvalue weighted by Crippen LogP contribution is 2.43. The lowest BCUT2D eigenvalue weighted by atomic mass is 10.0. The molecule has 5 rings (SSSR count). The number of halogens is 5. The van der Waals surface area contributed by atoms with E-state index in [9.17, 15) is 31.5 Å². The first-order valence-electron chi connectivity index (χ1n) is 11.2. The number of aryl methyl sites for hydroxylation is 1. The van der Waals surface area contributed by atoms with Gasteiger partial charge >= 0.3 is 12.5 Å². The Bertz CT molecular complexity index is 1630. The van der Waals surface area contributed by atoms with Gasteiger partial charge in [0.05, 0.1) is 17.4 Å². The number of nitrogens with zero attached hydrogens (tertiary/aromatic N) is 4. The van der Waals surface area contributed by atoms with Gasteiger partial charge in [-0.2, -0.15) is 18.3 Å². The smallest absolute Gasteiger partial charge is 0.395 e. The fourth-order valence-electron chi connectivity index (χ4n) is 4.19. The second kappa shape index (κ2) is 8.82. The van der Waals surface area contributed by atoms with Crippen LogP contribution in [-0.2, 0) is 17.5 Å². The summed E-state index contributed by atoms with van der Waals surface area (Å²) < 4.78 is 76.7. The van der Waals surface area contributed by atoms with Crippen LogP contribution in [0.4, 0.5) is 27.6 Å². The third-order valence-corrected chi connectivity index (χ3v) is 5.81. The van der Waals surface area contributed by atoms with Crippen molar-refractivity contribution >= 4 is 22.6 Å². The molecule has 0 saturated heterocycles. The first-order valence-corrected chi connectivity index (χ1v) is 11.2. The number of likely N-dealkylation sites (N-methyl/N-ethyl adjacent to an activating group) is 1. The number of alkyl halides is 5. The van der Waals surface area contributed by atoms with Crippen LogP contribution in [0.25, 0.3) is 22.3 Å². The van der Waals surface area contributed by atoms with E-state index < -0.39 is 36.0 Å². The van der Waals surface area contributed by atoms with E-state index in [0.29, 0.717) is 5.56 Å². The van der Waals surface area contributed by atoms with Crippen molar-refractivity contribution in [2.24, 2.45) is 0 Å². The normalized spacial score (nSPS) is 14.2. The molecule has 0 bridgehead atoms. The van der Waals surface area contributed by atoms with Gasteiger partial charge in [-0.15, -0.1) is 8.78 Å². The Kier molecular flexibility index (Phi) is 5.84. The van der Waals surface area contributed by atoms with Gasteiger partial charge in [0.25, 0.3) is 5.56 Å². The van der Waals surface area contributed by atoms with Gasteiger partial charge in [0.2, 0.25) is 5.91 Å². The average molecular weight is 535 g/mol. The topological polar surface area (TPSA) is 102 Å². The average Bonchev–Trinajstić information content (AvgIpc) is 3.43. The molecule has 1 aliphatic heterocycles. The number of carbonyl (C=O) groups is 1. The fourth-order valence-corrected chi connectivity index (χ4v) is 4.19. The molecule has 198 valence electrons. The van der Waals surface area contributed by atoms with E-state index in [1.54, 1.807) is 6.92 Å². The van der Waals surface area contributed by atoms with Crippen molar-refractivity contribution in [2.45, 2.75) is 32.9 Å². The summed E-state index contributed by atoms with van der Waals surface area (Å²) in [6.07, 6.45) is -7.25. The number of aromatic nitrogens is 4. The molecular weight excluding hydrogens is 517 g/mol. The Labute approximate surface area is 210 Å². The van der Waals surface area contributed by atoms with Crippen molar-refractivity contribution in [3.63, 3.8) is 0 Å². The molecular formula is C24H18F5N5O4. The number of benzene rings is 2. The summed E-state index contributed by atoms with van der Waals surface area (Å²) in [5.41, 5.74) is -1.09. The summed E-state index contributed by atoms with van der Waals surface area (Å²) in [6.45, 7) is 2.60. The van der Waals surface area contributed by atoms with Crippen LogP contribution in [0, 0.1) is 6.92 Å². The monoisotopic (exact) mass is 535 g/mol. The zero-order chi connectivity index (χ0) is 27.4. The van der Waals surface area contributed by atoms with Gasteiger partial charge in [0, 0.05) is 23.9 Å². The number of H-pyrrole nitrogens is 1. The first-order chi connectivity index (χ1) is 17.9. The summed E-state index contributed by atoms with van der Waals surface area (Å²) in [4.78, 5) is 34.1. The van der Waals surface area contributed by atoms with Gasteiger partial charge in [-0.1, -0.05) is 0 Å². The molecule has 1 amide bonds. The number of hydrogen-bond acceptors (Lipinski definition) is 6. The molecule has 0 unspecified atom stereocenters. The number of nitrogens with one attached hydrogen (secondary N) is 1. The molecule has 4 aromatic rings. The van der Waals surface area contributed by atoms with Crippen molar-refractivity contribution in [2.75, 3.05) is 11.4 Å². The van der Waals surface area contributed by atoms with Crippen LogP contribution in [0.5, 0.6) is 11.5 Å². The van der Waals surface area contributed by atoms with E-state index in [2.05, 4.69) is 24.5 Å². The number of imidazole rings is 1. The second-order valence-corrected chi connectivity index (χ2v) is 8.46. The molecule has 14 heteroatoms. The van der Waals surface area contributed by atoms with Crippen LogP contribution in [0.2, 0.25) is 0 Å². The Balaban J connectivity index is 1.53. The molecule has 1 aliphatic rings. The van der Waals surface area contributed by atoms with Gasteiger partial charge in [0.15, 0.2) is 17.0 Å². The van der Waals surface area contributed by atoms with Gasteiger partial charge in [-0.25, -0.2) is 9.67 Å². The van der Waals surface area contributed by atoms with E-state index in [1.165, 1.54) is 42.4 Å². The number of rotatable bonds is 5. The van der Waals surface area contributed by atoms with Crippen LogP contribution < -0.4 is 19.9 Å². The van der Waals surface area contributed by atoms with Crippen molar-refractivity contribution in [1.82, 2.24) is 19.7 Å². The predicted octanol–water partition coefficient (Wildman–Crippen LogP) is 4.49. The number of hydrogen-bond donors (Lipinski definition) is 1. The number of ether oxygens (including phenoxy) is 2. The number of aromatic amines is 1. The quantitative estimate of drug-likeness (QED) is 0.378. The van der Waals surface area contributed by atoms with Crippen LogP contribution in [0.15, 0.2) is 47.5 Å². The standard InChI is InChI=1S/C24H18F5N5O4/c1-3-33(15-4-5-16-17(9-15)38-24(28,29)37-16)18(35)10-34-22(36)21-20(30-11-31-21)19(32-34)13-6-12(2)7-14(8-13)23(25,26)27/h4-9,11H,3,10H2,1-2H3,(H,30,31). The fraction of sp³-hybridized carbons (Fsp3) is 0.250. The number of anilines is 1. The molecule has 0 radical (unpaired) electrons. The number of carbonyl (C=O) groups excluding carboxylic acids is 1. The maximum atomic E-state index is 13.4. The summed E-state index contributed by atoms with van der Waals surface area (Å²) in [7, 11) is 0. The third-order valence-electron chi connectivity index (χ3n) is 5.81. The Morgan fingerprint density at radius 1 is 1.13 bits per heavy atom. The summed E-state index contributed by atoms with van der Waals surface area (Å²) in [6, 6.07) is 7.13. The molecule has 2 aromatic heterocycles. The van der Waals surface area contributed by atoms with Crippen LogP contribution >= 0.6 is 0 Å². The highest BCUT2D eigenvalue weighted by atomic mass is 19.4. The molecule has 0 fully saturated rings. The van der Waals surface area contributed by atoms with Crippen molar-refractivity contribution < 1.29 is 36.2 Å². The summed E-state index contributed by atoms with van der Waals surface area (Å²) in [5, 5.41) is 4.21. The lowest BCUT2D eigenvalue weighted by Crippen LogP contribution is -2.37. The van der Waals surface area contributed by atoms with Crippen molar-refractivity contribution in [3.05, 3.63) is 64.2 Å². The molecule has 38 heavy (non-hydrogen) atoms. The molecule has 9 nitrogen and oxygen atoms in total. The second-order valence-electron chi connectivity index (χ2n) is 8.46. The Hall–Kier alpha value is -4.49. The SMILES string of the molecule is CCN(C(=O)Cn1nc(-c2cc(C)cc(C(F)(F)F)c2)c2[nH]cnc2c1=O)c1ccc2c(c1)OC(F)(F)O2. The zero-order valence-electron chi connectivity index (χ0n) is 19.8. The van der Waals surface area contributed by atoms with Gasteiger partial charge < -0.3 is 19.4 Å². The van der Waals surface area contributed by atoms with Crippen molar-refractivity contribution in [3.8, 4) is 22.8 Å². The molecule has 0 aliphatic carbocycles. The highest BCUT2D eigenvalue weighted by Gasteiger charge is 2.43. The van der Waals surface area contributed by atoms with Crippen molar-refractivity contribution in [1.29, 1.82) is 0 Å². The summed E-state index contributed by atoms with van der Waals surface area (Å²) in [5.74, 6) is -1.12. The Morgan fingerprint density at radius 3 is 2.58 bits per heavy atom.